The van der Waals surface area contributed by atoms with Gasteiger partial charge in [-0.05, 0) is 66.9 Å². The maximum atomic E-state index is 13.4. The summed E-state index contributed by atoms with van der Waals surface area (Å²) in [6.07, 6.45) is 1.39. The number of hydrogen-bond donors (Lipinski definition) is 1. The lowest BCUT2D eigenvalue weighted by atomic mass is 10.0. The number of carbonyl (C=O) groups is 3. The average Bonchev–Trinajstić information content (AvgIpc) is 2.75. The number of nitrogens with zero attached hydrogens (tertiary/aromatic N) is 1. The Morgan fingerprint density at radius 1 is 0.939 bits per heavy atom. The fraction of sp³-hybridized carbons (Fsp3) is 0.115. The maximum absolute atomic E-state index is 13.4. The Bertz CT molecular complexity index is 1280. The van der Waals surface area contributed by atoms with E-state index in [1.54, 1.807) is 48.5 Å². The summed E-state index contributed by atoms with van der Waals surface area (Å²) in [5.41, 5.74) is 3.05. The second-order valence-corrected chi connectivity index (χ2v) is 7.76. The second-order valence-electron chi connectivity index (χ2n) is 7.76. The summed E-state index contributed by atoms with van der Waals surface area (Å²) in [7, 11) is 0. The molecule has 3 aromatic rings. The first-order chi connectivity index (χ1) is 15.8. The number of urea groups is 1. The highest BCUT2D eigenvalue weighted by molar-refractivity contribution is 6.39. The highest BCUT2D eigenvalue weighted by atomic mass is 19.1. The molecule has 4 rings (SSSR count). The first-order valence-corrected chi connectivity index (χ1v) is 10.3. The zero-order valence-corrected chi connectivity index (χ0v) is 18.1. The van der Waals surface area contributed by atoms with Crippen LogP contribution in [0.2, 0.25) is 0 Å². The molecule has 1 saturated heterocycles. The minimum absolute atomic E-state index is 0.102. The van der Waals surface area contributed by atoms with E-state index in [2.05, 4.69) is 5.32 Å². The van der Waals surface area contributed by atoms with Gasteiger partial charge in [-0.2, -0.15) is 0 Å². The average molecular weight is 444 g/mol. The van der Waals surface area contributed by atoms with Gasteiger partial charge in [0.2, 0.25) is 0 Å². The molecule has 33 heavy (non-hydrogen) atoms. The van der Waals surface area contributed by atoms with Crippen molar-refractivity contribution in [1.82, 2.24) is 5.32 Å². The second kappa shape index (κ2) is 9.08. The van der Waals surface area contributed by atoms with Crippen LogP contribution in [0.25, 0.3) is 6.08 Å². The quantitative estimate of drug-likeness (QED) is 0.458. The lowest BCUT2D eigenvalue weighted by molar-refractivity contribution is -0.122. The predicted octanol–water partition coefficient (Wildman–Crippen LogP) is 4.69. The number of hydrogen-bond acceptors (Lipinski definition) is 4. The lowest BCUT2D eigenvalue weighted by Gasteiger charge is -2.27. The van der Waals surface area contributed by atoms with Crippen LogP contribution in [0.4, 0.5) is 14.9 Å². The van der Waals surface area contributed by atoms with Crippen LogP contribution < -0.4 is 15.0 Å². The van der Waals surface area contributed by atoms with Crippen molar-refractivity contribution in [2.45, 2.75) is 20.5 Å². The van der Waals surface area contributed by atoms with Gasteiger partial charge in [0, 0.05) is 5.56 Å². The van der Waals surface area contributed by atoms with Crippen molar-refractivity contribution >= 4 is 29.6 Å². The van der Waals surface area contributed by atoms with E-state index in [0.29, 0.717) is 22.6 Å². The van der Waals surface area contributed by atoms with Gasteiger partial charge in [0.05, 0.1) is 5.69 Å². The van der Waals surface area contributed by atoms with Crippen LogP contribution in [0.15, 0.2) is 72.3 Å². The molecule has 1 N–H and O–H groups in total. The lowest BCUT2D eigenvalue weighted by Crippen LogP contribution is -2.54. The molecule has 166 valence electrons. The van der Waals surface area contributed by atoms with E-state index in [1.807, 2.05) is 19.9 Å². The molecule has 1 aliphatic rings. The Labute approximate surface area is 190 Å². The molecule has 0 radical (unpaired) electrons. The first-order valence-electron chi connectivity index (χ1n) is 10.3. The first kappa shape index (κ1) is 22.0. The highest BCUT2D eigenvalue weighted by Gasteiger charge is 2.37. The van der Waals surface area contributed by atoms with Crippen LogP contribution in [0.5, 0.6) is 5.75 Å². The molecular formula is C26H21FN2O4. The fourth-order valence-electron chi connectivity index (χ4n) is 3.65. The van der Waals surface area contributed by atoms with Gasteiger partial charge in [-0.25, -0.2) is 14.1 Å². The number of benzene rings is 3. The van der Waals surface area contributed by atoms with E-state index >= 15 is 0 Å². The molecule has 6 nitrogen and oxygen atoms in total. The van der Waals surface area contributed by atoms with Gasteiger partial charge in [-0.3, -0.25) is 14.9 Å². The molecule has 0 aliphatic carbocycles. The molecule has 0 aromatic heterocycles. The van der Waals surface area contributed by atoms with Gasteiger partial charge in [0.25, 0.3) is 11.8 Å². The van der Waals surface area contributed by atoms with Crippen LogP contribution in [0.3, 0.4) is 0 Å². The Balaban J connectivity index is 1.66. The number of imide groups is 2. The minimum atomic E-state index is -0.803. The van der Waals surface area contributed by atoms with Crippen LogP contribution in [0, 0.1) is 19.7 Å². The van der Waals surface area contributed by atoms with Gasteiger partial charge >= 0.3 is 6.03 Å². The van der Waals surface area contributed by atoms with Crippen LogP contribution in [-0.2, 0) is 16.2 Å². The largest absolute Gasteiger partial charge is 0.488 e. The Morgan fingerprint density at radius 3 is 2.39 bits per heavy atom. The minimum Gasteiger partial charge on any atom is -0.488 e. The normalized spacial score (nSPS) is 15.1. The third-order valence-electron chi connectivity index (χ3n) is 5.07. The zero-order chi connectivity index (χ0) is 23.5. The van der Waals surface area contributed by atoms with Crippen molar-refractivity contribution in [3.8, 4) is 5.75 Å². The number of rotatable bonds is 5. The predicted molar refractivity (Wildman–Crippen MR) is 122 cm³/mol. The number of amides is 4. The van der Waals surface area contributed by atoms with E-state index in [0.717, 1.165) is 16.0 Å². The number of nitrogens with one attached hydrogen (secondary N) is 1. The summed E-state index contributed by atoms with van der Waals surface area (Å²) in [6, 6.07) is 17.4. The van der Waals surface area contributed by atoms with E-state index in [9.17, 15) is 18.8 Å². The Morgan fingerprint density at radius 2 is 1.67 bits per heavy atom. The van der Waals surface area contributed by atoms with Crippen molar-refractivity contribution in [2.75, 3.05) is 4.90 Å². The molecule has 4 amide bonds. The van der Waals surface area contributed by atoms with Gasteiger partial charge in [0.15, 0.2) is 0 Å². The number of para-hydroxylation sites is 1. The zero-order valence-electron chi connectivity index (χ0n) is 18.1. The van der Waals surface area contributed by atoms with Crippen molar-refractivity contribution in [1.29, 1.82) is 0 Å². The monoisotopic (exact) mass is 444 g/mol. The number of barbiturate groups is 1. The summed E-state index contributed by atoms with van der Waals surface area (Å²) >= 11 is 0. The van der Waals surface area contributed by atoms with E-state index in [1.165, 1.54) is 18.2 Å². The highest BCUT2D eigenvalue weighted by Crippen LogP contribution is 2.27. The maximum Gasteiger partial charge on any atom is 0.335 e. The summed E-state index contributed by atoms with van der Waals surface area (Å²) in [5.74, 6) is -1.48. The van der Waals surface area contributed by atoms with Gasteiger partial charge < -0.3 is 4.74 Å². The molecule has 0 saturated carbocycles. The van der Waals surface area contributed by atoms with E-state index in [-0.39, 0.29) is 18.0 Å². The molecule has 0 bridgehead atoms. The Kier molecular flexibility index (Phi) is 6.04. The number of aryl methyl sites for hydroxylation is 2. The smallest absolute Gasteiger partial charge is 0.335 e. The van der Waals surface area contributed by atoms with Crippen molar-refractivity contribution in [3.63, 3.8) is 0 Å². The van der Waals surface area contributed by atoms with Crippen LogP contribution >= 0.6 is 0 Å². The summed E-state index contributed by atoms with van der Waals surface area (Å²) in [5, 5.41) is 2.23. The summed E-state index contributed by atoms with van der Waals surface area (Å²) < 4.78 is 19.3. The number of ether oxygens (including phenoxy) is 1. The van der Waals surface area contributed by atoms with E-state index in [4.69, 9.17) is 4.74 Å². The number of halogens is 1. The molecule has 3 aromatic carbocycles. The van der Waals surface area contributed by atoms with E-state index < -0.39 is 17.8 Å². The molecule has 1 heterocycles. The molecule has 1 aliphatic heterocycles. The van der Waals surface area contributed by atoms with Crippen molar-refractivity contribution in [2.24, 2.45) is 0 Å². The van der Waals surface area contributed by atoms with Gasteiger partial charge in [-0.1, -0.05) is 36.4 Å². The van der Waals surface area contributed by atoms with Crippen molar-refractivity contribution in [3.05, 3.63) is 100 Å². The third-order valence-corrected chi connectivity index (χ3v) is 5.07. The Hall–Kier alpha value is -4.26. The molecule has 0 unspecified atom stereocenters. The number of anilines is 1. The summed E-state index contributed by atoms with van der Waals surface area (Å²) in [4.78, 5) is 39.2. The SMILES string of the molecule is Cc1cc(C)cc(N2C(=O)NC(=O)/C(=C\c3ccccc3OCc3cccc(F)c3)C2=O)c1. The molecule has 1 fully saturated rings. The van der Waals surface area contributed by atoms with Gasteiger partial charge in [-0.15, -0.1) is 0 Å². The molecule has 7 heteroatoms. The number of carbonyl (C=O) groups excluding carboxylic acids is 3. The molecular weight excluding hydrogens is 423 g/mol. The molecule has 0 atom stereocenters. The van der Waals surface area contributed by atoms with Crippen LogP contribution in [0.1, 0.15) is 22.3 Å². The van der Waals surface area contributed by atoms with Crippen molar-refractivity contribution < 1.29 is 23.5 Å². The summed E-state index contributed by atoms with van der Waals surface area (Å²) in [6.45, 7) is 3.82. The standard InChI is InChI=1S/C26H21FN2O4/c1-16-10-17(2)12-21(11-16)29-25(31)22(24(30)28-26(29)32)14-19-7-3-4-9-23(19)33-15-18-6-5-8-20(27)13-18/h3-14H,15H2,1-2H3,(H,28,30,32)/b22-14+. The van der Waals surface area contributed by atoms with Crippen LogP contribution in [-0.4, -0.2) is 17.8 Å². The fourth-order valence-corrected chi connectivity index (χ4v) is 3.65. The third kappa shape index (κ3) is 4.82. The topological polar surface area (TPSA) is 75.7 Å². The molecule has 0 spiro atoms. The van der Waals surface area contributed by atoms with Gasteiger partial charge in [0.1, 0.15) is 23.7 Å².